The quantitative estimate of drug-likeness (QED) is 0.156. The summed E-state index contributed by atoms with van der Waals surface area (Å²) < 4.78 is 18.6. The van der Waals surface area contributed by atoms with Crippen LogP contribution in [0.5, 0.6) is 17.2 Å². The molecule has 0 aromatic heterocycles. The standard InChI is InChI=1S/C30H45O4P.Li.H/c1-6-9-12-18-32-25-21-26(33-19-13-10-7-2)29(27(22-25)34-20-14-11-8-3)35-30(31)28-23(4)16-15-17-24(28)5;;/h15-17,21-22,35H,6-14,18-20H2,1-5H3;;/q;+1;-1. The van der Waals surface area contributed by atoms with Crippen LogP contribution in [0.1, 0.15) is 101 Å². The smallest absolute Gasteiger partial charge is 1.00 e. The van der Waals surface area contributed by atoms with Gasteiger partial charge in [0, 0.05) is 17.7 Å². The van der Waals surface area contributed by atoms with Crippen LogP contribution in [0.3, 0.4) is 0 Å². The molecule has 6 heteroatoms. The minimum atomic E-state index is -0.0753. The summed E-state index contributed by atoms with van der Waals surface area (Å²) in [7, 11) is -0.0753. The van der Waals surface area contributed by atoms with E-state index < -0.39 is 0 Å². The number of hydrogen-bond acceptors (Lipinski definition) is 4. The fourth-order valence-corrected chi connectivity index (χ4v) is 5.24. The zero-order valence-corrected chi connectivity index (χ0v) is 24.5. The Kier molecular flexibility index (Phi) is 16.9. The number of carbonyl (C=O) groups excluding carboxylic acids is 1. The Hall–Kier alpha value is -1.46. The molecule has 2 aromatic rings. The number of hydrogen-bond donors (Lipinski definition) is 0. The van der Waals surface area contributed by atoms with Crippen molar-refractivity contribution in [2.75, 3.05) is 19.8 Å². The van der Waals surface area contributed by atoms with Crippen LogP contribution >= 0.6 is 8.58 Å². The Balaban J connectivity index is 0.00000648. The summed E-state index contributed by atoms with van der Waals surface area (Å²) in [5, 5.41) is 0.853. The molecule has 0 spiro atoms. The van der Waals surface area contributed by atoms with Crippen molar-refractivity contribution in [3.63, 3.8) is 0 Å². The van der Waals surface area contributed by atoms with Crippen molar-refractivity contribution in [3.05, 3.63) is 47.0 Å². The molecular formula is C30H46LiO4P. The molecule has 0 heterocycles. The maximum absolute atomic E-state index is 13.5. The second-order valence-electron chi connectivity index (χ2n) is 9.18. The van der Waals surface area contributed by atoms with Gasteiger partial charge in [0.1, 0.15) is 17.2 Å². The first-order valence-corrected chi connectivity index (χ1v) is 14.5. The van der Waals surface area contributed by atoms with Crippen LogP contribution in [0.25, 0.3) is 0 Å². The van der Waals surface area contributed by atoms with Gasteiger partial charge in [0.25, 0.3) is 0 Å². The number of benzene rings is 2. The Bertz CT molecular complexity index is 869. The molecule has 0 aliphatic heterocycles. The molecule has 2 aromatic carbocycles. The van der Waals surface area contributed by atoms with Crippen molar-refractivity contribution in [2.45, 2.75) is 92.4 Å². The Morgan fingerprint density at radius 3 is 1.64 bits per heavy atom. The fraction of sp³-hybridized carbons (Fsp3) is 0.567. The summed E-state index contributed by atoms with van der Waals surface area (Å²) in [6, 6.07) is 9.92. The van der Waals surface area contributed by atoms with Gasteiger partial charge in [-0.2, -0.15) is 0 Å². The van der Waals surface area contributed by atoms with Crippen LogP contribution in [0, 0.1) is 13.8 Å². The summed E-state index contributed by atoms with van der Waals surface area (Å²) >= 11 is 0. The average Bonchev–Trinajstić information content (AvgIpc) is 2.84. The number of unbranched alkanes of at least 4 members (excludes halogenated alkanes) is 6. The minimum absolute atomic E-state index is 0. The number of aryl methyl sites for hydroxylation is 2. The van der Waals surface area contributed by atoms with Crippen molar-refractivity contribution in [1.82, 2.24) is 0 Å². The average molecular weight is 509 g/mol. The van der Waals surface area contributed by atoms with Crippen LogP contribution in [0.15, 0.2) is 30.3 Å². The van der Waals surface area contributed by atoms with E-state index in [2.05, 4.69) is 20.8 Å². The third-order valence-electron chi connectivity index (χ3n) is 6.01. The number of ether oxygens (including phenoxy) is 3. The zero-order chi connectivity index (χ0) is 25.5. The summed E-state index contributed by atoms with van der Waals surface area (Å²) in [5.41, 5.74) is 2.94. The first-order valence-electron chi connectivity index (χ1n) is 13.5. The van der Waals surface area contributed by atoms with Gasteiger partial charge in [-0.25, -0.2) is 0 Å². The summed E-state index contributed by atoms with van der Waals surface area (Å²) in [6.45, 7) is 12.5. The third kappa shape index (κ3) is 10.9. The first kappa shape index (κ1) is 32.6. The molecule has 196 valence electrons. The van der Waals surface area contributed by atoms with E-state index in [0.717, 1.165) is 97.0 Å². The van der Waals surface area contributed by atoms with Crippen molar-refractivity contribution in [1.29, 1.82) is 0 Å². The van der Waals surface area contributed by atoms with Crippen LogP contribution in [-0.4, -0.2) is 25.3 Å². The van der Waals surface area contributed by atoms with Crippen molar-refractivity contribution in [3.8, 4) is 17.2 Å². The molecule has 0 bridgehead atoms. The van der Waals surface area contributed by atoms with E-state index in [-0.39, 0.29) is 34.4 Å². The van der Waals surface area contributed by atoms with Crippen LogP contribution < -0.4 is 38.4 Å². The Labute approximate surface area is 234 Å². The second kappa shape index (κ2) is 18.7. The van der Waals surface area contributed by atoms with E-state index in [9.17, 15) is 4.79 Å². The first-order chi connectivity index (χ1) is 17.0. The minimum Gasteiger partial charge on any atom is -1.00 e. The molecule has 0 saturated heterocycles. The number of rotatable bonds is 18. The molecule has 0 aliphatic rings. The molecule has 0 aliphatic carbocycles. The predicted molar refractivity (Wildman–Crippen MR) is 151 cm³/mol. The molecule has 36 heavy (non-hydrogen) atoms. The van der Waals surface area contributed by atoms with Gasteiger partial charge in [-0.05, 0) is 52.8 Å². The van der Waals surface area contributed by atoms with E-state index in [1.54, 1.807) is 0 Å². The van der Waals surface area contributed by atoms with E-state index >= 15 is 0 Å². The van der Waals surface area contributed by atoms with Crippen molar-refractivity contribution in [2.24, 2.45) is 0 Å². The van der Waals surface area contributed by atoms with Gasteiger partial charge in [-0.1, -0.05) is 77.5 Å². The zero-order valence-electron chi connectivity index (χ0n) is 24.5. The van der Waals surface area contributed by atoms with E-state index in [1.807, 2.05) is 44.2 Å². The van der Waals surface area contributed by atoms with Gasteiger partial charge in [-0.15, -0.1) is 0 Å². The molecule has 1 unspecified atom stereocenters. The van der Waals surface area contributed by atoms with Crippen molar-refractivity contribution >= 4 is 19.4 Å². The largest absolute Gasteiger partial charge is 1.00 e. The maximum atomic E-state index is 13.5. The van der Waals surface area contributed by atoms with Gasteiger partial charge in [0.15, 0.2) is 5.52 Å². The van der Waals surface area contributed by atoms with Gasteiger partial charge >= 0.3 is 18.9 Å². The van der Waals surface area contributed by atoms with Crippen LogP contribution in [-0.2, 0) is 0 Å². The summed E-state index contributed by atoms with van der Waals surface area (Å²) in [5.74, 6) is 2.19. The van der Waals surface area contributed by atoms with E-state index in [1.165, 1.54) is 0 Å². The summed E-state index contributed by atoms with van der Waals surface area (Å²) in [4.78, 5) is 13.5. The van der Waals surface area contributed by atoms with Crippen LogP contribution in [0.4, 0.5) is 0 Å². The van der Waals surface area contributed by atoms with Crippen LogP contribution in [0.2, 0.25) is 0 Å². The maximum Gasteiger partial charge on any atom is 1.00 e. The monoisotopic (exact) mass is 508 g/mol. The van der Waals surface area contributed by atoms with Gasteiger partial charge in [0.2, 0.25) is 0 Å². The number of carbonyl (C=O) groups is 1. The fourth-order valence-electron chi connectivity index (χ4n) is 3.96. The predicted octanol–water partition coefficient (Wildman–Crippen LogP) is 5.27. The SMILES string of the molecule is CCCCCOc1cc(OCCCCC)c(PC(=O)c2c(C)cccc2C)c(OCCCCC)c1.[H-].[Li+]. The molecule has 0 amide bonds. The van der Waals surface area contributed by atoms with Gasteiger partial charge < -0.3 is 15.6 Å². The third-order valence-corrected chi connectivity index (χ3v) is 7.23. The van der Waals surface area contributed by atoms with Crippen molar-refractivity contribution < 1.29 is 39.3 Å². The molecule has 0 N–H and O–H groups in total. The topological polar surface area (TPSA) is 44.8 Å². The normalized spacial score (nSPS) is 10.9. The second-order valence-corrected chi connectivity index (χ2v) is 10.4. The molecule has 0 radical (unpaired) electrons. The van der Waals surface area contributed by atoms with E-state index in [0.29, 0.717) is 19.8 Å². The molecule has 4 nitrogen and oxygen atoms in total. The Morgan fingerprint density at radius 1 is 0.750 bits per heavy atom. The van der Waals surface area contributed by atoms with Gasteiger partial charge in [-0.3, -0.25) is 4.79 Å². The summed E-state index contributed by atoms with van der Waals surface area (Å²) in [6.07, 6.45) is 9.79. The van der Waals surface area contributed by atoms with E-state index in [4.69, 9.17) is 14.2 Å². The molecule has 0 fully saturated rings. The molecule has 2 rings (SSSR count). The molecule has 1 atom stereocenters. The molecule has 0 saturated carbocycles. The molecular weight excluding hydrogens is 462 g/mol. The van der Waals surface area contributed by atoms with Gasteiger partial charge in [0.05, 0.1) is 25.1 Å². The Morgan fingerprint density at radius 2 is 1.19 bits per heavy atom.